The molecule has 1 heterocycles. The molecule has 0 radical (unpaired) electrons. The maximum Gasteiger partial charge on any atom is 0.323 e. The molecule has 0 bridgehead atoms. The third-order valence-electron chi connectivity index (χ3n) is 3.40. The highest BCUT2D eigenvalue weighted by Gasteiger charge is 2.40. The number of benzene rings is 2. The minimum atomic E-state index is -1.11. The van der Waals surface area contributed by atoms with Crippen LogP contribution < -0.4 is 4.74 Å². The Morgan fingerprint density at radius 2 is 1.57 bits per heavy atom. The first-order valence-electron chi connectivity index (χ1n) is 6.18. The highest BCUT2D eigenvalue weighted by molar-refractivity contribution is 5.92. The third kappa shape index (κ3) is 1.92. The number of aryl methyl sites for hydroxylation is 1. The summed E-state index contributed by atoms with van der Waals surface area (Å²) in [4.78, 5) is 12.0. The van der Waals surface area contributed by atoms with Crippen molar-refractivity contribution in [3.05, 3.63) is 41.0 Å². The smallest absolute Gasteiger partial charge is 0.323 e. The van der Waals surface area contributed by atoms with Gasteiger partial charge in [-0.2, -0.15) is 0 Å². The van der Waals surface area contributed by atoms with Crippen molar-refractivity contribution in [2.24, 2.45) is 0 Å². The van der Waals surface area contributed by atoms with Crippen LogP contribution in [0.15, 0.2) is 24.3 Å². The number of fused-ring (bicyclic) bond motifs is 1. The quantitative estimate of drug-likeness (QED) is 0.471. The number of ether oxygens (including phenoxy) is 1. The number of esters is 1. The van der Waals surface area contributed by atoms with Gasteiger partial charge in [-0.05, 0) is 30.7 Å². The third-order valence-corrected chi connectivity index (χ3v) is 3.40. The van der Waals surface area contributed by atoms with E-state index in [4.69, 9.17) is 4.74 Å². The van der Waals surface area contributed by atoms with Gasteiger partial charge >= 0.3 is 5.97 Å². The second-order valence-electron chi connectivity index (χ2n) is 4.95. The van der Waals surface area contributed by atoms with Crippen molar-refractivity contribution in [1.29, 1.82) is 0 Å². The molecule has 1 aliphatic rings. The highest BCUT2D eigenvalue weighted by Crippen LogP contribution is 2.50. The average Bonchev–Trinajstić information content (AvgIpc) is 2.66. The summed E-state index contributed by atoms with van der Waals surface area (Å²) in [5, 5.41) is 39.3. The maximum atomic E-state index is 12.0. The van der Waals surface area contributed by atoms with Crippen LogP contribution in [-0.4, -0.2) is 26.4 Å². The molecule has 0 spiro atoms. The van der Waals surface area contributed by atoms with Crippen LogP contribution in [0.4, 0.5) is 0 Å². The number of hydrogen-bond donors (Lipinski definition) is 4. The lowest BCUT2D eigenvalue weighted by Gasteiger charge is -2.13. The summed E-state index contributed by atoms with van der Waals surface area (Å²) >= 11 is 0. The molecule has 108 valence electrons. The molecule has 0 saturated heterocycles. The second kappa shape index (κ2) is 4.31. The van der Waals surface area contributed by atoms with E-state index in [1.54, 1.807) is 6.92 Å². The molecule has 1 atom stereocenters. The van der Waals surface area contributed by atoms with Crippen molar-refractivity contribution in [3.63, 3.8) is 0 Å². The molecule has 6 heteroatoms. The van der Waals surface area contributed by atoms with E-state index < -0.39 is 11.9 Å². The lowest BCUT2D eigenvalue weighted by molar-refractivity contribution is -0.133. The molecule has 0 saturated carbocycles. The predicted molar refractivity (Wildman–Crippen MR) is 71.8 cm³/mol. The Balaban J connectivity index is 2.25. The van der Waals surface area contributed by atoms with E-state index in [0.717, 1.165) is 6.07 Å². The summed E-state index contributed by atoms with van der Waals surface area (Å²) < 4.78 is 4.98. The molecule has 4 N–H and O–H groups in total. The summed E-state index contributed by atoms with van der Waals surface area (Å²) in [5.41, 5.74) is 0.792. The predicted octanol–water partition coefficient (Wildman–Crippen LogP) is 1.87. The van der Waals surface area contributed by atoms with Gasteiger partial charge in [-0.1, -0.05) is 0 Å². The van der Waals surface area contributed by atoms with E-state index in [2.05, 4.69) is 0 Å². The minimum Gasteiger partial charge on any atom is -0.508 e. The van der Waals surface area contributed by atoms with Crippen molar-refractivity contribution < 1.29 is 30.0 Å². The average molecular weight is 288 g/mol. The Bertz CT molecular complexity index is 742. The van der Waals surface area contributed by atoms with Gasteiger partial charge in [0.2, 0.25) is 0 Å². The van der Waals surface area contributed by atoms with Crippen LogP contribution in [0.3, 0.4) is 0 Å². The monoisotopic (exact) mass is 288 g/mol. The molecule has 0 fully saturated rings. The molecule has 6 nitrogen and oxygen atoms in total. The summed E-state index contributed by atoms with van der Waals surface area (Å²) in [7, 11) is 0. The van der Waals surface area contributed by atoms with Crippen LogP contribution in [0.1, 0.15) is 22.6 Å². The molecular formula is C15H12O6. The zero-order valence-corrected chi connectivity index (χ0v) is 11.0. The van der Waals surface area contributed by atoms with E-state index in [1.807, 2.05) is 0 Å². The Morgan fingerprint density at radius 1 is 0.952 bits per heavy atom. The Morgan fingerprint density at radius 3 is 2.19 bits per heavy atom. The van der Waals surface area contributed by atoms with Crippen molar-refractivity contribution in [3.8, 4) is 28.7 Å². The van der Waals surface area contributed by atoms with Crippen molar-refractivity contribution in [2.75, 3.05) is 0 Å². The molecule has 21 heavy (non-hydrogen) atoms. The fourth-order valence-electron chi connectivity index (χ4n) is 2.56. The fourth-order valence-corrected chi connectivity index (χ4v) is 2.56. The highest BCUT2D eigenvalue weighted by atomic mass is 16.5. The number of aromatic hydroxyl groups is 4. The van der Waals surface area contributed by atoms with Crippen molar-refractivity contribution >= 4 is 5.97 Å². The molecule has 2 aromatic rings. The topological polar surface area (TPSA) is 107 Å². The van der Waals surface area contributed by atoms with Crippen LogP contribution in [0.2, 0.25) is 0 Å². The maximum absolute atomic E-state index is 12.0. The lowest BCUT2D eigenvalue weighted by Crippen LogP contribution is -2.12. The zero-order chi connectivity index (χ0) is 15.3. The number of rotatable bonds is 1. The first-order valence-corrected chi connectivity index (χ1v) is 6.18. The molecule has 0 unspecified atom stereocenters. The first-order chi connectivity index (χ1) is 9.88. The van der Waals surface area contributed by atoms with Crippen LogP contribution in [0, 0.1) is 6.92 Å². The Labute approximate surface area is 119 Å². The minimum absolute atomic E-state index is 0.0191. The second-order valence-corrected chi connectivity index (χ2v) is 4.95. The SMILES string of the molecule is Cc1cc(O)c([C@@H]2C(=O)Oc3c(O)cc(O)cc32)c(O)c1. The Hall–Kier alpha value is -2.89. The largest absolute Gasteiger partial charge is 0.508 e. The molecule has 0 aliphatic carbocycles. The van der Waals surface area contributed by atoms with Crippen LogP contribution in [-0.2, 0) is 4.79 Å². The van der Waals surface area contributed by atoms with Gasteiger partial charge in [0.25, 0.3) is 0 Å². The van der Waals surface area contributed by atoms with E-state index >= 15 is 0 Å². The van der Waals surface area contributed by atoms with E-state index in [1.165, 1.54) is 18.2 Å². The molecule has 3 rings (SSSR count). The molecule has 0 amide bonds. The number of carbonyl (C=O) groups excluding carboxylic acids is 1. The standard InChI is InChI=1S/C15H12O6/c1-6-2-9(17)13(10(18)3-6)12-8-4-7(16)5-11(19)14(8)21-15(12)20/h2-5,12,16-19H,1H3/t12-/m1/s1. The molecule has 2 aromatic carbocycles. The van der Waals surface area contributed by atoms with Gasteiger partial charge in [0.1, 0.15) is 23.2 Å². The van der Waals surface area contributed by atoms with Crippen LogP contribution in [0.5, 0.6) is 28.7 Å². The van der Waals surface area contributed by atoms with Crippen LogP contribution in [0.25, 0.3) is 0 Å². The summed E-state index contributed by atoms with van der Waals surface area (Å²) in [6, 6.07) is 5.11. The van der Waals surface area contributed by atoms with Gasteiger partial charge in [0.15, 0.2) is 11.5 Å². The molecule has 0 aromatic heterocycles. The Kier molecular flexibility index (Phi) is 2.69. The van der Waals surface area contributed by atoms with Crippen molar-refractivity contribution in [2.45, 2.75) is 12.8 Å². The summed E-state index contributed by atoms with van der Waals surface area (Å²) in [6.07, 6.45) is 0. The fraction of sp³-hybridized carbons (Fsp3) is 0.133. The van der Waals surface area contributed by atoms with Gasteiger partial charge in [0.05, 0.1) is 5.56 Å². The normalized spacial score (nSPS) is 16.6. The lowest BCUT2D eigenvalue weighted by atomic mass is 9.90. The van der Waals surface area contributed by atoms with Gasteiger partial charge in [-0.25, -0.2) is 0 Å². The van der Waals surface area contributed by atoms with Gasteiger partial charge < -0.3 is 25.2 Å². The van der Waals surface area contributed by atoms with Gasteiger partial charge in [-0.15, -0.1) is 0 Å². The summed E-state index contributed by atoms with van der Waals surface area (Å²) in [5.74, 6) is -3.09. The van der Waals surface area contributed by atoms with E-state index in [9.17, 15) is 25.2 Å². The summed E-state index contributed by atoms with van der Waals surface area (Å²) in [6.45, 7) is 1.68. The van der Waals surface area contributed by atoms with Crippen LogP contribution >= 0.6 is 0 Å². The van der Waals surface area contributed by atoms with E-state index in [0.29, 0.717) is 5.56 Å². The van der Waals surface area contributed by atoms with Gasteiger partial charge in [0, 0.05) is 11.6 Å². The zero-order valence-electron chi connectivity index (χ0n) is 11.0. The van der Waals surface area contributed by atoms with Gasteiger partial charge in [-0.3, -0.25) is 4.79 Å². The number of phenolic OH excluding ortho intramolecular Hbond substituents is 4. The number of hydrogen-bond acceptors (Lipinski definition) is 6. The molecular weight excluding hydrogens is 276 g/mol. The molecule has 1 aliphatic heterocycles. The number of carbonyl (C=O) groups is 1. The van der Waals surface area contributed by atoms with E-state index in [-0.39, 0.29) is 39.9 Å². The van der Waals surface area contributed by atoms with Crippen molar-refractivity contribution in [1.82, 2.24) is 0 Å². The first kappa shape index (κ1) is 13.1. The number of phenols is 4.